The van der Waals surface area contributed by atoms with Gasteiger partial charge < -0.3 is 15.0 Å². The van der Waals surface area contributed by atoms with Crippen LogP contribution in [0.5, 0.6) is 5.75 Å². The van der Waals surface area contributed by atoms with Crippen LogP contribution in [-0.4, -0.2) is 35.5 Å². The molecule has 2 aliphatic heterocycles. The summed E-state index contributed by atoms with van der Waals surface area (Å²) in [6, 6.07) is 3.08. The van der Waals surface area contributed by atoms with Crippen molar-refractivity contribution in [2.45, 2.75) is 52.1 Å². The fourth-order valence-corrected chi connectivity index (χ4v) is 3.70. The van der Waals surface area contributed by atoms with E-state index in [9.17, 15) is 9.59 Å². The van der Waals surface area contributed by atoms with Crippen molar-refractivity contribution < 1.29 is 18.7 Å². The zero-order valence-electron chi connectivity index (χ0n) is 17.7. The predicted octanol–water partition coefficient (Wildman–Crippen LogP) is 3.42. The molecule has 1 saturated heterocycles. The fourth-order valence-electron chi connectivity index (χ4n) is 3.70. The molecular formula is C23H28FN3O3. The maximum Gasteiger partial charge on any atom is 0.322 e. The van der Waals surface area contributed by atoms with Crippen molar-refractivity contribution in [3.05, 3.63) is 35.2 Å². The molecule has 2 fully saturated rings. The largest absolute Gasteiger partial charge is 0.490 e. The number of allylic oxidation sites excluding steroid dienone is 1. The molecule has 6 nitrogen and oxygen atoms in total. The van der Waals surface area contributed by atoms with Crippen molar-refractivity contribution in [2.75, 3.05) is 13.2 Å². The maximum absolute atomic E-state index is 15.2. The van der Waals surface area contributed by atoms with Crippen LogP contribution in [0.2, 0.25) is 0 Å². The molecule has 1 aromatic carbocycles. The summed E-state index contributed by atoms with van der Waals surface area (Å²) >= 11 is 0. The monoisotopic (exact) mass is 413 g/mol. The quantitative estimate of drug-likeness (QED) is 0.554. The summed E-state index contributed by atoms with van der Waals surface area (Å²) in [5, 5.41) is 4.95. The van der Waals surface area contributed by atoms with Crippen molar-refractivity contribution in [2.24, 2.45) is 5.92 Å². The van der Waals surface area contributed by atoms with Crippen molar-refractivity contribution in [1.29, 1.82) is 0 Å². The van der Waals surface area contributed by atoms with Crippen molar-refractivity contribution >= 4 is 17.6 Å². The number of urea groups is 1. The van der Waals surface area contributed by atoms with Crippen LogP contribution in [0.3, 0.4) is 0 Å². The number of ether oxygens (including phenoxy) is 1. The molecule has 2 N–H and O–H groups in total. The number of imide groups is 1. The molecule has 4 rings (SSSR count). The van der Waals surface area contributed by atoms with Crippen LogP contribution in [0, 0.1) is 24.1 Å². The molecule has 30 heavy (non-hydrogen) atoms. The molecule has 1 saturated carbocycles. The number of nitrogens with zero attached hydrogens (tertiary/aromatic N) is 1. The molecule has 1 atom stereocenters. The number of hydrogen-bond acceptors (Lipinski definition) is 4. The Morgan fingerprint density at radius 2 is 2.10 bits per heavy atom. The number of amides is 3. The molecule has 7 heteroatoms. The lowest BCUT2D eigenvalue weighted by atomic mass is 10.0. The Bertz CT molecular complexity index is 917. The van der Waals surface area contributed by atoms with Gasteiger partial charge in [-0.05, 0) is 50.7 Å². The van der Waals surface area contributed by atoms with Crippen LogP contribution in [-0.2, 0) is 11.3 Å². The molecule has 1 aliphatic carbocycles. The topological polar surface area (TPSA) is 70.7 Å². The molecule has 0 aromatic heterocycles. The van der Waals surface area contributed by atoms with Gasteiger partial charge in [0.25, 0.3) is 5.91 Å². The molecule has 1 aromatic rings. The number of benzene rings is 1. The van der Waals surface area contributed by atoms with Gasteiger partial charge in [-0.1, -0.05) is 19.1 Å². The van der Waals surface area contributed by atoms with Gasteiger partial charge in [-0.15, -0.1) is 12.3 Å². The van der Waals surface area contributed by atoms with Gasteiger partial charge in [0, 0.05) is 17.8 Å². The Balaban J connectivity index is 0.000000806. The third-order valence-electron chi connectivity index (χ3n) is 5.34. The number of carbonyl (C=O) groups excluding carboxylic acids is 2. The summed E-state index contributed by atoms with van der Waals surface area (Å²) in [6.45, 7) is 6.62. The Labute approximate surface area is 176 Å². The van der Waals surface area contributed by atoms with Crippen LogP contribution in [0.4, 0.5) is 9.18 Å². The zero-order valence-corrected chi connectivity index (χ0v) is 17.7. The standard InChI is InChI=1S/C20H24FN3O3.C3H4/c1-3-4-14-16-13(7-8-15(17(16)21)27-10-12-5-6-12)9-24(14)11-20(2)18(25)22-19(26)23-20;1-3-2/h4,7-8,12H,3,5-6,9-11H2,1-2H3,(H2,22,23,25,26);1H,2H3/b14-4+;/t20-;/m1./s1. The van der Waals surface area contributed by atoms with Gasteiger partial charge in [-0.25, -0.2) is 9.18 Å². The molecule has 2 heterocycles. The van der Waals surface area contributed by atoms with E-state index in [-0.39, 0.29) is 24.0 Å². The number of nitrogens with one attached hydrogen (secondary N) is 2. The van der Waals surface area contributed by atoms with Gasteiger partial charge in [0.2, 0.25) is 0 Å². The Hall–Kier alpha value is -3.01. The van der Waals surface area contributed by atoms with Gasteiger partial charge in [0.1, 0.15) is 5.54 Å². The second-order valence-electron chi connectivity index (χ2n) is 8.05. The summed E-state index contributed by atoms with van der Waals surface area (Å²) < 4.78 is 20.9. The smallest absolute Gasteiger partial charge is 0.322 e. The second-order valence-corrected chi connectivity index (χ2v) is 8.05. The van der Waals surface area contributed by atoms with Crippen LogP contribution in [0.25, 0.3) is 5.70 Å². The average Bonchev–Trinajstić information content (AvgIpc) is 3.39. The van der Waals surface area contributed by atoms with Gasteiger partial charge in [-0.3, -0.25) is 10.1 Å². The highest BCUT2D eigenvalue weighted by atomic mass is 19.1. The zero-order chi connectivity index (χ0) is 21.9. The molecule has 0 bridgehead atoms. The lowest BCUT2D eigenvalue weighted by Crippen LogP contribution is -2.51. The molecule has 0 unspecified atom stereocenters. The first kappa shape index (κ1) is 21.7. The summed E-state index contributed by atoms with van der Waals surface area (Å²) in [6.07, 6.45) is 9.58. The summed E-state index contributed by atoms with van der Waals surface area (Å²) in [7, 11) is 0. The maximum atomic E-state index is 15.2. The normalized spacial score (nSPS) is 23.3. The Kier molecular flexibility index (Phi) is 6.35. The number of carbonyl (C=O) groups is 2. The van der Waals surface area contributed by atoms with E-state index in [0.29, 0.717) is 24.6 Å². The minimum Gasteiger partial charge on any atom is -0.490 e. The molecule has 0 radical (unpaired) electrons. The van der Waals surface area contributed by atoms with Crippen molar-refractivity contribution in [3.63, 3.8) is 0 Å². The number of fused-ring (bicyclic) bond motifs is 1. The highest BCUT2D eigenvalue weighted by Gasteiger charge is 2.45. The van der Waals surface area contributed by atoms with Crippen LogP contribution in [0.15, 0.2) is 18.2 Å². The van der Waals surface area contributed by atoms with Gasteiger partial charge in [0.05, 0.1) is 13.2 Å². The molecular weight excluding hydrogens is 385 g/mol. The molecule has 3 aliphatic rings. The van der Waals surface area contributed by atoms with Gasteiger partial charge in [0.15, 0.2) is 11.6 Å². The highest BCUT2D eigenvalue weighted by molar-refractivity contribution is 6.07. The minimum atomic E-state index is -1.05. The lowest BCUT2D eigenvalue weighted by Gasteiger charge is -2.29. The van der Waals surface area contributed by atoms with Crippen LogP contribution >= 0.6 is 0 Å². The van der Waals surface area contributed by atoms with E-state index >= 15 is 4.39 Å². The van der Waals surface area contributed by atoms with E-state index in [1.807, 2.05) is 24.0 Å². The first-order valence-electron chi connectivity index (χ1n) is 10.2. The minimum absolute atomic E-state index is 0.267. The summed E-state index contributed by atoms with van der Waals surface area (Å²) in [5.41, 5.74) is 1.10. The Morgan fingerprint density at radius 1 is 1.40 bits per heavy atom. The van der Waals surface area contributed by atoms with E-state index in [0.717, 1.165) is 30.5 Å². The average molecular weight is 413 g/mol. The fraction of sp³-hybridized carbons (Fsp3) is 0.478. The van der Waals surface area contributed by atoms with E-state index < -0.39 is 11.6 Å². The number of rotatable bonds is 6. The number of halogens is 1. The van der Waals surface area contributed by atoms with Crippen LogP contribution in [0.1, 0.15) is 51.2 Å². The van der Waals surface area contributed by atoms with Crippen LogP contribution < -0.4 is 15.4 Å². The number of terminal acetylenes is 1. The van der Waals surface area contributed by atoms with E-state index in [1.165, 1.54) is 0 Å². The van der Waals surface area contributed by atoms with Crippen molar-refractivity contribution in [1.82, 2.24) is 15.5 Å². The van der Waals surface area contributed by atoms with E-state index in [1.54, 1.807) is 19.9 Å². The van der Waals surface area contributed by atoms with E-state index in [2.05, 4.69) is 23.0 Å². The highest BCUT2D eigenvalue weighted by Crippen LogP contribution is 2.40. The van der Waals surface area contributed by atoms with Gasteiger partial charge >= 0.3 is 6.03 Å². The third kappa shape index (κ3) is 4.43. The SMILES string of the molecule is C#CC.CC/C=C1\c2c(ccc(OCC3CC3)c2F)CN1C[C@@]1(C)NC(=O)NC1=O. The molecule has 160 valence electrons. The third-order valence-corrected chi connectivity index (χ3v) is 5.34. The first-order valence-corrected chi connectivity index (χ1v) is 10.2. The van der Waals surface area contributed by atoms with Gasteiger partial charge in [-0.2, -0.15) is 0 Å². The van der Waals surface area contributed by atoms with E-state index in [4.69, 9.17) is 4.74 Å². The predicted molar refractivity (Wildman–Crippen MR) is 113 cm³/mol. The first-order chi connectivity index (χ1) is 14.3. The molecule has 0 spiro atoms. The summed E-state index contributed by atoms with van der Waals surface area (Å²) in [4.78, 5) is 25.7. The number of hydrogen-bond donors (Lipinski definition) is 2. The van der Waals surface area contributed by atoms with Crippen molar-refractivity contribution in [3.8, 4) is 18.1 Å². The lowest BCUT2D eigenvalue weighted by molar-refractivity contribution is -0.123. The Morgan fingerprint density at radius 3 is 2.67 bits per heavy atom. The molecule has 3 amide bonds. The second kappa shape index (κ2) is 8.78. The summed E-state index contributed by atoms with van der Waals surface area (Å²) in [5.74, 6) is 2.36.